The summed E-state index contributed by atoms with van der Waals surface area (Å²) in [5, 5.41) is 0. The van der Waals surface area contributed by atoms with Crippen molar-refractivity contribution >= 4 is 11.6 Å². The van der Waals surface area contributed by atoms with Crippen molar-refractivity contribution in [2.45, 2.75) is 52.0 Å². The highest BCUT2D eigenvalue weighted by molar-refractivity contribution is 5.78. The van der Waals surface area contributed by atoms with Gasteiger partial charge in [-0.05, 0) is 44.0 Å². The average molecular weight is 344 g/mol. The Hall–Kier alpha value is -1.55. The van der Waals surface area contributed by atoms with Gasteiger partial charge in [-0.3, -0.25) is 9.69 Å². The van der Waals surface area contributed by atoms with Gasteiger partial charge in [0, 0.05) is 37.9 Å². The molecular formula is C21H33N3O. The molecule has 0 atom stereocenters. The van der Waals surface area contributed by atoms with Crippen molar-refractivity contribution in [3.63, 3.8) is 0 Å². The van der Waals surface area contributed by atoms with Gasteiger partial charge in [-0.25, -0.2) is 0 Å². The molecule has 0 aromatic heterocycles. The van der Waals surface area contributed by atoms with Crippen LogP contribution >= 0.6 is 0 Å². The van der Waals surface area contributed by atoms with Crippen LogP contribution in [0, 0.1) is 6.92 Å². The van der Waals surface area contributed by atoms with E-state index in [2.05, 4.69) is 52.8 Å². The third kappa shape index (κ3) is 4.75. The minimum absolute atomic E-state index is 0.316. The number of carbonyl (C=O) groups is 1. The van der Waals surface area contributed by atoms with Crippen LogP contribution in [0.5, 0.6) is 0 Å². The normalized spacial score (nSPS) is 19.5. The van der Waals surface area contributed by atoms with Crippen LogP contribution < -0.4 is 4.90 Å². The molecule has 2 fully saturated rings. The van der Waals surface area contributed by atoms with Gasteiger partial charge in [0.1, 0.15) is 0 Å². The van der Waals surface area contributed by atoms with Crippen LogP contribution in [0.15, 0.2) is 24.3 Å². The van der Waals surface area contributed by atoms with Crippen molar-refractivity contribution in [2.24, 2.45) is 0 Å². The van der Waals surface area contributed by atoms with Crippen molar-refractivity contribution in [1.29, 1.82) is 0 Å². The molecule has 0 spiro atoms. The maximum absolute atomic E-state index is 12.8. The smallest absolute Gasteiger partial charge is 0.236 e. The molecule has 4 heteroatoms. The van der Waals surface area contributed by atoms with Crippen molar-refractivity contribution < 1.29 is 4.79 Å². The lowest BCUT2D eigenvalue weighted by Crippen LogP contribution is -2.52. The van der Waals surface area contributed by atoms with Gasteiger partial charge in [-0.2, -0.15) is 0 Å². The lowest BCUT2D eigenvalue weighted by Gasteiger charge is -2.38. The van der Waals surface area contributed by atoms with Gasteiger partial charge < -0.3 is 9.80 Å². The second-order valence-corrected chi connectivity index (χ2v) is 7.56. The Balaban J connectivity index is 1.50. The van der Waals surface area contributed by atoms with Crippen LogP contribution in [0.4, 0.5) is 5.69 Å². The third-order valence-electron chi connectivity index (χ3n) is 5.83. The second-order valence-electron chi connectivity index (χ2n) is 7.56. The Kier molecular flexibility index (Phi) is 6.35. The van der Waals surface area contributed by atoms with Gasteiger partial charge in [0.15, 0.2) is 0 Å². The molecule has 1 heterocycles. The fourth-order valence-electron chi connectivity index (χ4n) is 4.26. The number of hydrogen-bond donors (Lipinski definition) is 0. The number of carbonyl (C=O) groups excluding carboxylic acids is 1. The molecule has 1 saturated carbocycles. The summed E-state index contributed by atoms with van der Waals surface area (Å²) in [6.45, 7) is 9.47. The highest BCUT2D eigenvalue weighted by Gasteiger charge is 2.26. The largest absolute Gasteiger partial charge is 0.368 e. The van der Waals surface area contributed by atoms with Crippen LogP contribution in [-0.2, 0) is 4.79 Å². The summed E-state index contributed by atoms with van der Waals surface area (Å²) in [6.07, 6.45) is 6.54. The molecule has 1 aliphatic heterocycles. The SMILES string of the molecule is CCN(CC(=O)N1CCN(c2cccc(C)c2)CC1)C1CCCCC1. The van der Waals surface area contributed by atoms with E-state index in [1.807, 2.05) is 0 Å². The Bertz CT molecular complexity index is 560. The fraction of sp³-hybridized carbons (Fsp3) is 0.667. The zero-order chi connectivity index (χ0) is 17.6. The maximum Gasteiger partial charge on any atom is 0.236 e. The van der Waals surface area contributed by atoms with Crippen molar-refractivity contribution in [2.75, 3.05) is 44.2 Å². The first kappa shape index (κ1) is 18.2. The number of rotatable bonds is 5. The topological polar surface area (TPSA) is 26.8 Å². The van der Waals surface area contributed by atoms with E-state index in [0.29, 0.717) is 18.5 Å². The van der Waals surface area contributed by atoms with Gasteiger partial charge in [-0.15, -0.1) is 0 Å². The lowest BCUT2D eigenvalue weighted by molar-refractivity contribution is -0.133. The zero-order valence-electron chi connectivity index (χ0n) is 15.9. The highest BCUT2D eigenvalue weighted by atomic mass is 16.2. The molecule has 3 rings (SSSR count). The number of amides is 1. The van der Waals surface area contributed by atoms with E-state index in [9.17, 15) is 4.79 Å². The Labute approximate surface area is 152 Å². The number of piperazine rings is 1. The molecule has 0 N–H and O–H groups in total. The van der Waals surface area contributed by atoms with E-state index >= 15 is 0 Å². The molecule has 0 radical (unpaired) electrons. The summed E-state index contributed by atoms with van der Waals surface area (Å²) in [6, 6.07) is 9.28. The zero-order valence-corrected chi connectivity index (χ0v) is 15.9. The third-order valence-corrected chi connectivity index (χ3v) is 5.83. The molecule has 0 unspecified atom stereocenters. The molecule has 1 aliphatic carbocycles. The first-order valence-corrected chi connectivity index (χ1v) is 10.0. The first-order chi connectivity index (χ1) is 12.2. The lowest BCUT2D eigenvalue weighted by atomic mass is 9.94. The van der Waals surface area contributed by atoms with Crippen molar-refractivity contribution in [1.82, 2.24) is 9.80 Å². The average Bonchev–Trinajstić information content (AvgIpc) is 2.67. The Morgan fingerprint density at radius 3 is 2.48 bits per heavy atom. The fourth-order valence-corrected chi connectivity index (χ4v) is 4.26. The maximum atomic E-state index is 12.8. The minimum Gasteiger partial charge on any atom is -0.368 e. The molecule has 1 amide bonds. The monoisotopic (exact) mass is 343 g/mol. The number of aryl methyl sites for hydroxylation is 1. The Morgan fingerprint density at radius 1 is 1.12 bits per heavy atom. The summed E-state index contributed by atoms with van der Waals surface area (Å²) in [4.78, 5) is 19.6. The number of nitrogens with zero attached hydrogens (tertiary/aromatic N) is 3. The van der Waals surface area contributed by atoms with Gasteiger partial charge in [0.25, 0.3) is 0 Å². The minimum atomic E-state index is 0.316. The van der Waals surface area contributed by atoms with E-state index in [4.69, 9.17) is 0 Å². The summed E-state index contributed by atoms with van der Waals surface area (Å²) in [5.74, 6) is 0.316. The molecule has 0 bridgehead atoms. The van der Waals surface area contributed by atoms with Gasteiger partial charge in [0.2, 0.25) is 5.91 Å². The second kappa shape index (κ2) is 8.70. The van der Waals surface area contributed by atoms with E-state index in [1.54, 1.807) is 0 Å². The van der Waals surface area contributed by atoms with Crippen LogP contribution in [0.1, 0.15) is 44.6 Å². The quantitative estimate of drug-likeness (QED) is 0.821. The summed E-state index contributed by atoms with van der Waals surface area (Å²) in [5.41, 5.74) is 2.58. The van der Waals surface area contributed by atoms with E-state index < -0.39 is 0 Å². The van der Waals surface area contributed by atoms with E-state index in [0.717, 1.165) is 32.7 Å². The molecular weight excluding hydrogens is 310 g/mol. The predicted molar refractivity (Wildman–Crippen MR) is 104 cm³/mol. The molecule has 138 valence electrons. The van der Waals surface area contributed by atoms with Gasteiger partial charge in [0.05, 0.1) is 6.54 Å². The van der Waals surface area contributed by atoms with Gasteiger partial charge in [-0.1, -0.05) is 38.3 Å². The number of likely N-dealkylation sites (N-methyl/N-ethyl adjacent to an activating group) is 1. The Morgan fingerprint density at radius 2 is 1.84 bits per heavy atom. The molecule has 1 saturated heterocycles. The van der Waals surface area contributed by atoms with Gasteiger partial charge >= 0.3 is 0 Å². The first-order valence-electron chi connectivity index (χ1n) is 10.0. The van der Waals surface area contributed by atoms with Crippen LogP contribution in [-0.4, -0.2) is 61.0 Å². The standard InChI is InChI=1S/C21H33N3O/c1-3-22(19-9-5-4-6-10-19)17-21(25)24-14-12-23(13-15-24)20-11-7-8-18(2)16-20/h7-8,11,16,19H,3-6,9-10,12-15,17H2,1-2H3. The summed E-state index contributed by atoms with van der Waals surface area (Å²) < 4.78 is 0. The molecule has 4 nitrogen and oxygen atoms in total. The van der Waals surface area contributed by atoms with Crippen LogP contribution in [0.3, 0.4) is 0 Å². The highest BCUT2D eigenvalue weighted by Crippen LogP contribution is 2.23. The van der Waals surface area contributed by atoms with E-state index in [-0.39, 0.29) is 0 Å². The van der Waals surface area contributed by atoms with E-state index in [1.165, 1.54) is 43.4 Å². The summed E-state index contributed by atoms with van der Waals surface area (Å²) in [7, 11) is 0. The van der Waals surface area contributed by atoms with Crippen molar-refractivity contribution in [3.05, 3.63) is 29.8 Å². The predicted octanol–water partition coefficient (Wildman–Crippen LogP) is 3.30. The van der Waals surface area contributed by atoms with Crippen LogP contribution in [0.2, 0.25) is 0 Å². The molecule has 2 aliphatic rings. The van der Waals surface area contributed by atoms with Crippen molar-refractivity contribution in [3.8, 4) is 0 Å². The molecule has 1 aromatic carbocycles. The summed E-state index contributed by atoms with van der Waals surface area (Å²) >= 11 is 0. The number of anilines is 1. The number of benzene rings is 1. The number of hydrogen-bond acceptors (Lipinski definition) is 3. The van der Waals surface area contributed by atoms with Crippen LogP contribution in [0.25, 0.3) is 0 Å². The molecule has 25 heavy (non-hydrogen) atoms. The molecule has 1 aromatic rings.